The molecule has 4 atom stereocenters. The van der Waals surface area contributed by atoms with E-state index in [1.807, 2.05) is 0 Å². The number of fused-ring (bicyclic) bond motifs is 1. The van der Waals surface area contributed by atoms with Gasteiger partial charge in [-0.2, -0.15) is 0 Å². The van der Waals surface area contributed by atoms with E-state index in [0.717, 1.165) is 19.3 Å². The van der Waals surface area contributed by atoms with Crippen molar-refractivity contribution in [3.63, 3.8) is 0 Å². The van der Waals surface area contributed by atoms with Crippen molar-refractivity contribution in [2.75, 3.05) is 0 Å². The first-order chi connectivity index (χ1) is 5.79. The summed E-state index contributed by atoms with van der Waals surface area (Å²) in [5.74, 6) is 0.463. The summed E-state index contributed by atoms with van der Waals surface area (Å²) >= 11 is 0. The Morgan fingerprint density at radius 1 is 0.917 bits per heavy atom. The van der Waals surface area contributed by atoms with Gasteiger partial charge in [0.25, 0.3) is 0 Å². The van der Waals surface area contributed by atoms with Crippen molar-refractivity contribution in [3.05, 3.63) is 0 Å². The molecule has 2 aliphatic rings. The molecule has 0 heterocycles. The van der Waals surface area contributed by atoms with Crippen LogP contribution in [0.15, 0.2) is 0 Å². The van der Waals surface area contributed by atoms with E-state index in [4.69, 9.17) is 0 Å². The third-order valence-corrected chi connectivity index (χ3v) is 3.57. The van der Waals surface area contributed by atoms with Crippen LogP contribution < -0.4 is 0 Å². The molecule has 2 heteroatoms. The topological polar surface area (TPSA) is 20.2 Å². The van der Waals surface area contributed by atoms with Crippen molar-refractivity contribution in [3.8, 4) is 0 Å². The van der Waals surface area contributed by atoms with E-state index in [1.54, 1.807) is 0 Å². The number of alkyl halides is 1. The summed E-state index contributed by atoms with van der Waals surface area (Å²) < 4.78 is 13.4. The van der Waals surface area contributed by atoms with Gasteiger partial charge in [-0.05, 0) is 37.5 Å². The zero-order chi connectivity index (χ0) is 8.55. The van der Waals surface area contributed by atoms with Crippen molar-refractivity contribution in [2.45, 2.75) is 50.8 Å². The van der Waals surface area contributed by atoms with Crippen molar-refractivity contribution < 1.29 is 9.50 Å². The van der Waals surface area contributed by atoms with Crippen LogP contribution in [0.4, 0.5) is 4.39 Å². The zero-order valence-electron chi connectivity index (χ0n) is 7.38. The van der Waals surface area contributed by atoms with Gasteiger partial charge in [-0.1, -0.05) is 12.8 Å². The molecule has 0 aromatic heterocycles. The Morgan fingerprint density at radius 2 is 1.58 bits per heavy atom. The van der Waals surface area contributed by atoms with Crippen molar-refractivity contribution >= 4 is 0 Å². The molecule has 2 rings (SSSR count). The Morgan fingerprint density at radius 3 is 2.25 bits per heavy atom. The lowest BCUT2D eigenvalue weighted by molar-refractivity contribution is -0.0310. The maximum Gasteiger partial charge on any atom is 0.103 e. The van der Waals surface area contributed by atoms with Gasteiger partial charge in [-0.3, -0.25) is 0 Å². The molecular weight excluding hydrogens is 155 g/mol. The summed E-state index contributed by atoms with van der Waals surface area (Å²) in [6, 6.07) is 0. The van der Waals surface area contributed by atoms with E-state index in [-0.39, 0.29) is 17.9 Å². The highest BCUT2D eigenvalue weighted by molar-refractivity contribution is 4.89. The van der Waals surface area contributed by atoms with Gasteiger partial charge in [-0.15, -0.1) is 0 Å². The number of aliphatic hydroxyl groups excluding tert-OH is 1. The van der Waals surface area contributed by atoms with E-state index in [0.29, 0.717) is 12.8 Å². The second kappa shape index (κ2) is 3.33. The highest BCUT2D eigenvalue weighted by Gasteiger charge is 2.39. The lowest BCUT2D eigenvalue weighted by Crippen LogP contribution is -2.40. The summed E-state index contributed by atoms with van der Waals surface area (Å²) in [5, 5.41) is 9.66. The summed E-state index contributed by atoms with van der Waals surface area (Å²) in [7, 11) is 0. The van der Waals surface area contributed by atoms with Crippen LogP contribution >= 0.6 is 0 Å². The number of hydrogen-bond donors (Lipinski definition) is 1. The maximum absolute atomic E-state index is 13.4. The second-order valence-electron chi connectivity index (χ2n) is 4.27. The Bertz CT molecular complexity index is 142. The lowest BCUT2D eigenvalue weighted by Gasteiger charge is -2.40. The quantitative estimate of drug-likeness (QED) is 0.594. The first-order valence-electron chi connectivity index (χ1n) is 5.11. The minimum absolute atomic E-state index is 0.183. The normalized spacial score (nSPS) is 48.5. The molecule has 0 spiro atoms. The Kier molecular flexibility index (Phi) is 2.35. The smallest absolute Gasteiger partial charge is 0.103 e. The third kappa shape index (κ3) is 1.37. The fourth-order valence-corrected chi connectivity index (χ4v) is 2.87. The monoisotopic (exact) mass is 172 g/mol. The van der Waals surface area contributed by atoms with E-state index in [2.05, 4.69) is 0 Å². The standard InChI is InChI=1S/C10H17FO/c11-9-5-6-10(12)8-4-2-1-3-7(8)9/h7-10,12H,1-6H2/t7?,8?,9-,10+/m1/s1. The summed E-state index contributed by atoms with van der Waals surface area (Å²) in [4.78, 5) is 0. The van der Waals surface area contributed by atoms with Crippen molar-refractivity contribution in [2.24, 2.45) is 11.8 Å². The van der Waals surface area contributed by atoms with Crippen LogP contribution in [0, 0.1) is 11.8 Å². The number of hydrogen-bond acceptors (Lipinski definition) is 1. The average Bonchev–Trinajstić information content (AvgIpc) is 2.12. The Labute approximate surface area is 73.0 Å². The molecule has 0 aromatic carbocycles. The van der Waals surface area contributed by atoms with Gasteiger partial charge in [-0.25, -0.2) is 4.39 Å². The highest BCUT2D eigenvalue weighted by atomic mass is 19.1. The molecule has 0 radical (unpaired) electrons. The van der Waals surface area contributed by atoms with Gasteiger partial charge < -0.3 is 5.11 Å². The van der Waals surface area contributed by atoms with Crippen LogP contribution in [0.3, 0.4) is 0 Å². The second-order valence-corrected chi connectivity index (χ2v) is 4.27. The molecule has 2 saturated carbocycles. The van der Waals surface area contributed by atoms with Gasteiger partial charge in [0.15, 0.2) is 0 Å². The van der Waals surface area contributed by atoms with Gasteiger partial charge >= 0.3 is 0 Å². The van der Waals surface area contributed by atoms with Crippen LogP contribution in [-0.4, -0.2) is 17.4 Å². The number of aliphatic hydroxyl groups is 1. The summed E-state index contributed by atoms with van der Waals surface area (Å²) in [6.07, 6.45) is 4.83. The zero-order valence-corrected chi connectivity index (χ0v) is 7.38. The molecule has 1 nitrogen and oxygen atoms in total. The van der Waals surface area contributed by atoms with E-state index in [9.17, 15) is 9.50 Å². The van der Waals surface area contributed by atoms with Crippen LogP contribution in [0.2, 0.25) is 0 Å². The van der Waals surface area contributed by atoms with Crippen LogP contribution in [0.5, 0.6) is 0 Å². The first-order valence-corrected chi connectivity index (χ1v) is 5.11. The molecule has 0 aromatic rings. The average molecular weight is 172 g/mol. The molecule has 0 saturated heterocycles. The van der Waals surface area contributed by atoms with Gasteiger partial charge in [0, 0.05) is 0 Å². The fraction of sp³-hybridized carbons (Fsp3) is 1.00. The molecule has 2 aliphatic carbocycles. The van der Waals surface area contributed by atoms with Gasteiger partial charge in [0.05, 0.1) is 6.10 Å². The molecule has 0 aliphatic heterocycles. The van der Waals surface area contributed by atoms with Crippen LogP contribution in [0.1, 0.15) is 38.5 Å². The predicted octanol–water partition coefficient (Wildman–Crippen LogP) is 2.29. The Balaban J connectivity index is 2.05. The van der Waals surface area contributed by atoms with Crippen LogP contribution in [0.25, 0.3) is 0 Å². The molecule has 2 unspecified atom stereocenters. The molecule has 0 amide bonds. The van der Waals surface area contributed by atoms with E-state index in [1.165, 1.54) is 6.42 Å². The van der Waals surface area contributed by atoms with Gasteiger partial charge in [0.1, 0.15) is 6.17 Å². The molecular formula is C10H17FO. The van der Waals surface area contributed by atoms with Gasteiger partial charge in [0.2, 0.25) is 0 Å². The summed E-state index contributed by atoms with van der Waals surface area (Å²) in [6.45, 7) is 0. The molecule has 70 valence electrons. The predicted molar refractivity (Wildman–Crippen MR) is 45.6 cm³/mol. The fourth-order valence-electron chi connectivity index (χ4n) is 2.87. The summed E-state index contributed by atoms with van der Waals surface area (Å²) in [5.41, 5.74) is 0. The van der Waals surface area contributed by atoms with E-state index < -0.39 is 6.17 Å². The molecule has 0 bridgehead atoms. The van der Waals surface area contributed by atoms with Crippen molar-refractivity contribution in [1.82, 2.24) is 0 Å². The largest absolute Gasteiger partial charge is 0.393 e. The minimum atomic E-state index is -0.626. The highest BCUT2D eigenvalue weighted by Crippen LogP contribution is 2.41. The van der Waals surface area contributed by atoms with Crippen molar-refractivity contribution in [1.29, 1.82) is 0 Å². The van der Waals surface area contributed by atoms with E-state index >= 15 is 0 Å². The molecule has 12 heavy (non-hydrogen) atoms. The lowest BCUT2D eigenvalue weighted by atomic mass is 9.68. The molecule has 1 N–H and O–H groups in total. The minimum Gasteiger partial charge on any atom is -0.393 e. The Hall–Kier alpha value is -0.110. The maximum atomic E-state index is 13.4. The first kappa shape index (κ1) is 8.49. The van der Waals surface area contributed by atoms with Crippen LogP contribution in [-0.2, 0) is 0 Å². The molecule has 2 fully saturated rings. The SMILES string of the molecule is O[C@H]1CC[C@@H](F)C2CCCCC21. The number of halogens is 1. The number of rotatable bonds is 0. The third-order valence-electron chi connectivity index (χ3n) is 3.57.